The van der Waals surface area contributed by atoms with Gasteiger partial charge in [-0.1, -0.05) is 30.3 Å². The molecule has 8 heteroatoms. The summed E-state index contributed by atoms with van der Waals surface area (Å²) in [6.07, 6.45) is -3.41. The Hall–Kier alpha value is -3.60. The molecule has 0 heterocycles. The maximum Gasteiger partial charge on any atom is 0.416 e. The predicted octanol–water partition coefficient (Wildman–Crippen LogP) is 4.44. The van der Waals surface area contributed by atoms with Crippen LogP contribution < -0.4 is 4.74 Å². The summed E-state index contributed by atoms with van der Waals surface area (Å²) in [5.41, 5.74) is -1.32. The van der Waals surface area contributed by atoms with E-state index in [1.165, 1.54) is 24.3 Å². The monoisotopic (exact) mass is 403 g/mol. The third-order valence-electron chi connectivity index (χ3n) is 3.69. The number of halogens is 3. The highest BCUT2D eigenvalue weighted by atomic mass is 19.4. The van der Waals surface area contributed by atoms with E-state index in [0.29, 0.717) is 11.6 Å². The summed E-state index contributed by atoms with van der Waals surface area (Å²) in [6.45, 7) is 1.46. The maximum absolute atomic E-state index is 12.9. The summed E-state index contributed by atoms with van der Waals surface area (Å²) in [4.78, 5) is 24.0. The number of allylic oxidation sites excluding steroid dienone is 1. The SMILES string of the molecule is CCOC(=O)COc1ccccc1/C=C(/C#N)C(=O)c1cccc(C(F)(F)F)c1. The molecule has 2 aromatic rings. The molecule has 0 atom stereocenters. The number of para-hydroxylation sites is 1. The van der Waals surface area contributed by atoms with Crippen molar-refractivity contribution >= 4 is 17.8 Å². The Morgan fingerprint density at radius 3 is 2.52 bits per heavy atom. The van der Waals surface area contributed by atoms with Crippen molar-refractivity contribution in [3.63, 3.8) is 0 Å². The molecule has 0 aliphatic rings. The summed E-state index contributed by atoms with van der Waals surface area (Å²) in [7, 11) is 0. The second-order valence-corrected chi connectivity index (χ2v) is 5.71. The minimum absolute atomic E-state index is 0.188. The lowest BCUT2D eigenvalue weighted by molar-refractivity contribution is -0.145. The number of esters is 1. The number of hydrogen-bond acceptors (Lipinski definition) is 5. The number of alkyl halides is 3. The number of ether oxygens (including phenoxy) is 2. The first-order valence-corrected chi connectivity index (χ1v) is 8.47. The van der Waals surface area contributed by atoms with Crippen molar-refractivity contribution in [3.05, 3.63) is 70.8 Å². The van der Waals surface area contributed by atoms with Crippen LogP contribution in [-0.2, 0) is 15.7 Å². The van der Waals surface area contributed by atoms with Gasteiger partial charge in [-0.15, -0.1) is 0 Å². The van der Waals surface area contributed by atoms with Gasteiger partial charge in [0.25, 0.3) is 0 Å². The number of nitriles is 1. The van der Waals surface area contributed by atoms with Crippen LogP contribution in [0.4, 0.5) is 13.2 Å². The third kappa shape index (κ3) is 5.94. The minimum Gasteiger partial charge on any atom is -0.481 e. The Morgan fingerprint density at radius 1 is 1.14 bits per heavy atom. The molecule has 0 radical (unpaired) electrons. The normalized spacial score (nSPS) is 11.5. The first-order chi connectivity index (χ1) is 13.8. The fraction of sp³-hybridized carbons (Fsp3) is 0.190. The van der Waals surface area contributed by atoms with E-state index in [1.54, 1.807) is 25.1 Å². The lowest BCUT2D eigenvalue weighted by Crippen LogP contribution is -2.15. The fourth-order valence-corrected chi connectivity index (χ4v) is 2.37. The van der Waals surface area contributed by atoms with Gasteiger partial charge < -0.3 is 9.47 Å². The molecule has 0 amide bonds. The van der Waals surface area contributed by atoms with Crippen molar-refractivity contribution in [1.29, 1.82) is 5.26 Å². The molecule has 0 unspecified atom stereocenters. The maximum atomic E-state index is 12.9. The number of ketones is 1. The van der Waals surface area contributed by atoms with Crippen molar-refractivity contribution in [2.24, 2.45) is 0 Å². The molecule has 0 aromatic heterocycles. The summed E-state index contributed by atoms with van der Waals surface area (Å²) in [6, 6.07) is 11.8. The smallest absolute Gasteiger partial charge is 0.416 e. The summed E-state index contributed by atoms with van der Waals surface area (Å²) < 4.78 is 48.7. The van der Waals surface area contributed by atoms with Gasteiger partial charge in [-0.05, 0) is 31.2 Å². The molecule has 0 spiro atoms. The minimum atomic E-state index is -4.61. The molecular formula is C21H16F3NO4. The zero-order chi connectivity index (χ0) is 21.4. The van der Waals surface area contributed by atoms with Crippen LogP contribution in [0.1, 0.15) is 28.4 Å². The molecule has 0 fully saturated rings. The topological polar surface area (TPSA) is 76.4 Å². The first-order valence-electron chi connectivity index (χ1n) is 8.47. The van der Waals surface area contributed by atoms with Crippen LogP contribution in [0.3, 0.4) is 0 Å². The number of Topliss-reactive ketones (excluding diaryl/α,β-unsaturated/α-hetero) is 1. The van der Waals surface area contributed by atoms with E-state index in [1.807, 2.05) is 0 Å². The van der Waals surface area contributed by atoms with Crippen molar-refractivity contribution in [2.45, 2.75) is 13.1 Å². The van der Waals surface area contributed by atoms with E-state index in [-0.39, 0.29) is 30.1 Å². The van der Waals surface area contributed by atoms with E-state index in [4.69, 9.17) is 9.47 Å². The van der Waals surface area contributed by atoms with Crippen LogP contribution >= 0.6 is 0 Å². The van der Waals surface area contributed by atoms with Gasteiger partial charge in [-0.3, -0.25) is 4.79 Å². The molecule has 2 rings (SSSR count). The molecule has 0 aliphatic carbocycles. The number of hydrogen-bond donors (Lipinski definition) is 0. The Bertz CT molecular complexity index is 974. The van der Waals surface area contributed by atoms with Gasteiger partial charge >= 0.3 is 12.1 Å². The molecule has 5 nitrogen and oxygen atoms in total. The molecule has 150 valence electrons. The first kappa shape index (κ1) is 21.7. The van der Waals surface area contributed by atoms with Gasteiger partial charge in [-0.25, -0.2) is 4.79 Å². The quantitative estimate of drug-likeness (QED) is 0.296. The summed E-state index contributed by atoms with van der Waals surface area (Å²) in [5.74, 6) is -1.24. The van der Waals surface area contributed by atoms with E-state index in [2.05, 4.69) is 0 Å². The molecule has 0 aliphatic heterocycles. The predicted molar refractivity (Wildman–Crippen MR) is 97.9 cm³/mol. The largest absolute Gasteiger partial charge is 0.481 e. The van der Waals surface area contributed by atoms with Crippen molar-refractivity contribution in [3.8, 4) is 11.8 Å². The van der Waals surface area contributed by atoms with Crippen LogP contribution in [0.2, 0.25) is 0 Å². The van der Waals surface area contributed by atoms with Crippen LogP contribution in [0.25, 0.3) is 6.08 Å². The molecule has 29 heavy (non-hydrogen) atoms. The van der Waals surface area contributed by atoms with Crippen LogP contribution in [0.15, 0.2) is 54.1 Å². The number of rotatable bonds is 7. The summed E-state index contributed by atoms with van der Waals surface area (Å²) in [5, 5.41) is 9.35. The fourth-order valence-electron chi connectivity index (χ4n) is 2.37. The van der Waals surface area contributed by atoms with E-state index in [9.17, 15) is 28.0 Å². The van der Waals surface area contributed by atoms with Crippen LogP contribution in [-0.4, -0.2) is 25.0 Å². The van der Waals surface area contributed by atoms with Gasteiger partial charge in [0, 0.05) is 11.1 Å². The van der Waals surface area contributed by atoms with Gasteiger partial charge in [0.15, 0.2) is 6.61 Å². The van der Waals surface area contributed by atoms with E-state index >= 15 is 0 Å². The molecular weight excluding hydrogens is 387 g/mol. The second kappa shape index (κ2) is 9.55. The lowest BCUT2D eigenvalue weighted by Gasteiger charge is -2.10. The standard InChI is InChI=1S/C21H16F3NO4/c1-2-28-19(26)13-29-18-9-4-3-6-14(18)10-16(12-25)20(27)15-7-5-8-17(11-15)21(22,23)24/h3-11H,2,13H2,1H3/b16-10-. The van der Waals surface area contributed by atoms with Crippen molar-refractivity contribution < 1.29 is 32.2 Å². The van der Waals surface area contributed by atoms with Gasteiger partial charge in [0.1, 0.15) is 17.4 Å². The van der Waals surface area contributed by atoms with Gasteiger partial charge in [0.05, 0.1) is 12.2 Å². The van der Waals surface area contributed by atoms with Crippen molar-refractivity contribution in [1.82, 2.24) is 0 Å². The zero-order valence-electron chi connectivity index (χ0n) is 15.3. The summed E-state index contributed by atoms with van der Waals surface area (Å²) >= 11 is 0. The second-order valence-electron chi connectivity index (χ2n) is 5.71. The highest BCUT2D eigenvalue weighted by Gasteiger charge is 2.31. The number of carbonyl (C=O) groups excluding carboxylic acids is 2. The highest BCUT2D eigenvalue weighted by Crippen LogP contribution is 2.30. The van der Waals surface area contributed by atoms with Crippen LogP contribution in [0, 0.1) is 11.3 Å². The van der Waals surface area contributed by atoms with Crippen molar-refractivity contribution in [2.75, 3.05) is 13.2 Å². The molecule has 0 saturated heterocycles. The van der Waals surface area contributed by atoms with Gasteiger partial charge in [-0.2, -0.15) is 18.4 Å². The Labute approximate surface area is 165 Å². The highest BCUT2D eigenvalue weighted by molar-refractivity contribution is 6.14. The Kier molecular flexibility index (Phi) is 7.15. The third-order valence-corrected chi connectivity index (χ3v) is 3.69. The molecule has 2 aromatic carbocycles. The molecule has 0 bridgehead atoms. The number of benzene rings is 2. The average molecular weight is 403 g/mol. The molecule has 0 saturated carbocycles. The van der Waals surface area contributed by atoms with E-state index in [0.717, 1.165) is 12.1 Å². The van der Waals surface area contributed by atoms with Gasteiger partial charge in [0.2, 0.25) is 5.78 Å². The zero-order valence-corrected chi connectivity index (χ0v) is 15.3. The Balaban J connectivity index is 2.32. The number of carbonyl (C=O) groups is 2. The lowest BCUT2D eigenvalue weighted by atomic mass is 10.00. The Morgan fingerprint density at radius 2 is 1.86 bits per heavy atom. The van der Waals surface area contributed by atoms with Crippen LogP contribution in [0.5, 0.6) is 5.75 Å². The molecule has 0 N–H and O–H groups in total. The average Bonchev–Trinajstić information content (AvgIpc) is 2.70. The van der Waals surface area contributed by atoms with E-state index < -0.39 is 23.5 Å². The number of nitrogens with zero attached hydrogens (tertiary/aromatic N) is 1.